The van der Waals surface area contributed by atoms with E-state index in [9.17, 15) is 14.9 Å². The lowest BCUT2D eigenvalue weighted by Gasteiger charge is -2.16. The van der Waals surface area contributed by atoms with Crippen molar-refractivity contribution >= 4 is 11.6 Å². The van der Waals surface area contributed by atoms with Crippen LogP contribution in [0.5, 0.6) is 0 Å². The van der Waals surface area contributed by atoms with E-state index in [1.165, 1.54) is 29.7 Å². The average molecular weight is 324 g/mol. The van der Waals surface area contributed by atoms with Gasteiger partial charge in [0.1, 0.15) is 0 Å². The van der Waals surface area contributed by atoms with Crippen LogP contribution in [0.1, 0.15) is 52.0 Å². The van der Waals surface area contributed by atoms with Gasteiger partial charge in [0.2, 0.25) is 0 Å². The van der Waals surface area contributed by atoms with Gasteiger partial charge in [0, 0.05) is 17.2 Å². The molecule has 0 radical (unpaired) electrons. The Balaban J connectivity index is 1.74. The van der Waals surface area contributed by atoms with Crippen molar-refractivity contribution in [2.45, 2.75) is 39.2 Å². The fourth-order valence-corrected chi connectivity index (χ4v) is 3.23. The van der Waals surface area contributed by atoms with Gasteiger partial charge in [0.15, 0.2) is 0 Å². The van der Waals surface area contributed by atoms with Crippen LogP contribution >= 0.6 is 0 Å². The van der Waals surface area contributed by atoms with E-state index in [2.05, 4.69) is 23.5 Å². The second-order valence-electron chi connectivity index (χ2n) is 6.34. The van der Waals surface area contributed by atoms with Gasteiger partial charge in [-0.05, 0) is 61.9 Å². The largest absolute Gasteiger partial charge is 0.346 e. The van der Waals surface area contributed by atoms with Gasteiger partial charge in [-0.3, -0.25) is 14.9 Å². The fourth-order valence-electron chi connectivity index (χ4n) is 3.23. The minimum absolute atomic E-state index is 0.0261. The molecule has 0 heterocycles. The van der Waals surface area contributed by atoms with Crippen molar-refractivity contribution in [3.8, 4) is 0 Å². The zero-order chi connectivity index (χ0) is 17.3. The summed E-state index contributed by atoms with van der Waals surface area (Å²) in [6.45, 7) is 3.59. The number of rotatable bonds is 4. The highest BCUT2D eigenvalue weighted by Crippen LogP contribution is 2.26. The summed E-state index contributed by atoms with van der Waals surface area (Å²) in [5, 5.41) is 13.8. The number of benzene rings is 2. The molecule has 1 N–H and O–H groups in total. The van der Waals surface area contributed by atoms with Crippen LogP contribution in [0.3, 0.4) is 0 Å². The number of fused-ring (bicyclic) bond motifs is 1. The molecule has 1 aliphatic carbocycles. The second kappa shape index (κ2) is 6.43. The first-order chi connectivity index (χ1) is 11.5. The first kappa shape index (κ1) is 16.2. The van der Waals surface area contributed by atoms with Gasteiger partial charge in [-0.2, -0.15) is 0 Å². The van der Waals surface area contributed by atoms with Crippen LogP contribution in [0.2, 0.25) is 0 Å². The summed E-state index contributed by atoms with van der Waals surface area (Å²) in [5.74, 6) is -0.221. The Hall–Kier alpha value is -2.69. The van der Waals surface area contributed by atoms with Crippen molar-refractivity contribution in [3.05, 3.63) is 74.3 Å². The van der Waals surface area contributed by atoms with E-state index >= 15 is 0 Å². The molecule has 5 nitrogen and oxygen atoms in total. The van der Waals surface area contributed by atoms with Crippen LogP contribution in [0, 0.1) is 17.0 Å². The highest BCUT2D eigenvalue weighted by atomic mass is 16.6. The van der Waals surface area contributed by atoms with Crippen LogP contribution in [0.25, 0.3) is 0 Å². The number of carbonyl (C=O) groups is 1. The third-order valence-corrected chi connectivity index (χ3v) is 4.63. The molecular formula is C19H20N2O3. The Labute approximate surface area is 140 Å². The molecule has 24 heavy (non-hydrogen) atoms. The Morgan fingerprint density at radius 2 is 1.92 bits per heavy atom. The first-order valence-electron chi connectivity index (χ1n) is 8.13. The van der Waals surface area contributed by atoms with Crippen molar-refractivity contribution < 1.29 is 9.72 Å². The Bertz CT molecular complexity index is 814. The van der Waals surface area contributed by atoms with Gasteiger partial charge < -0.3 is 5.32 Å². The van der Waals surface area contributed by atoms with E-state index in [0.717, 1.165) is 18.4 Å². The molecule has 1 amide bonds. The SMILES string of the molecule is Cc1cc(C(=O)N[C@@H](C)c2ccc3c(c2)CCC3)ccc1[N+](=O)[O-]. The third kappa shape index (κ3) is 3.15. The molecule has 5 heteroatoms. The number of carbonyl (C=O) groups excluding carboxylic acids is 1. The van der Waals surface area contributed by atoms with Crippen molar-refractivity contribution in [2.75, 3.05) is 0 Å². The number of hydrogen-bond donors (Lipinski definition) is 1. The number of nitro benzene ring substituents is 1. The molecule has 124 valence electrons. The molecule has 2 aromatic carbocycles. The predicted molar refractivity (Wildman–Crippen MR) is 92.2 cm³/mol. The quantitative estimate of drug-likeness (QED) is 0.685. The van der Waals surface area contributed by atoms with Crippen LogP contribution in [0.15, 0.2) is 36.4 Å². The van der Waals surface area contributed by atoms with Gasteiger partial charge in [0.05, 0.1) is 11.0 Å². The molecular weight excluding hydrogens is 304 g/mol. The lowest BCUT2D eigenvalue weighted by molar-refractivity contribution is -0.385. The van der Waals surface area contributed by atoms with E-state index < -0.39 is 4.92 Å². The maximum absolute atomic E-state index is 12.4. The molecule has 0 spiro atoms. The zero-order valence-electron chi connectivity index (χ0n) is 13.8. The minimum atomic E-state index is -0.440. The molecule has 0 unspecified atom stereocenters. The number of nitrogens with one attached hydrogen (secondary N) is 1. The summed E-state index contributed by atoms with van der Waals surface area (Å²) in [4.78, 5) is 22.8. The number of amides is 1. The molecule has 0 saturated heterocycles. The number of nitrogens with zero attached hydrogens (tertiary/aromatic N) is 1. The van der Waals surface area contributed by atoms with E-state index in [0.29, 0.717) is 11.1 Å². The van der Waals surface area contributed by atoms with Crippen LogP contribution < -0.4 is 5.32 Å². The molecule has 1 aliphatic rings. The Morgan fingerprint density at radius 3 is 2.62 bits per heavy atom. The molecule has 0 saturated carbocycles. The summed E-state index contributed by atoms with van der Waals surface area (Å²) in [5.41, 5.74) is 4.81. The molecule has 3 rings (SSSR count). The lowest BCUT2D eigenvalue weighted by atomic mass is 10.0. The highest BCUT2D eigenvalue weighted by Gasteiger charge is 2.17. The topological polar surface area (TPSA) is 72.2 Å². The Kier molecular flexibility index (Phi) is 4.34. The van der Waals surface area contributed by atoms with E-state index in [4.69, 9.17) is 0 Å². The smallest absolute Gasteiger partial charge is 0.272 e. The molecule has 1 atom stereocenters. The summed E-state index contributed by atoms with van der Waals surface area (Å²) in [6.07, 6.45) is 3.44. The van der Waals surface area contributed by atoms with Gasteiger partial charge in [-0.15, -0.1) is 0 Å². The average Bonchev–Trinajstić information content (AvgIpc) is 3.01. The highest BCUT2D eigenvalue weighted by molar-refractivity contribution is 5.95. The maximum Gasteiger partial charge on any atom is 0.272 e. The van der Waals surface area contributed by atoms with Crippen molar-refractivity contribution in [1.29, 1.82) is 0 Å². The predicted octanol–water partition coefficient (Wildman–Crippen LogP) is 3.88. The summed E-state index contributed by atoms with van der Waals surface area (Å²) in [6, 6.07) is 10.7. The molecule has 0 fully saturated rings. The first-order valence-corrected chi connectivity index (χ1v) is 8.13. The standard InChI is InChI=1S/C19H20N2O3/c1-12-10-17(8-9-18(12)21(23)24)19(22)20-13(2)15-7-6-14-4-3-5-16(14)11-15/h6-11,13H,3-5H2,1-2H3,(H,20,22)/t13-/m0/s1. The van der Waals surface area contributed by atoms with E-state index in [1.807, 2.05) is 6.92 Å². The van der Waals surface area contributed by atoms with Crippen LogP contribution in [-0.4, -0.2) is 10.8 Å². The van der Waals surface area contributed by atoms with E-state index in [-0.39, 0.29) is 17.6 Å². The molecule has 0 bridgehead atoms. The van der Waals surface area contributed by atoms with Gasteiger partial charge in [0.25, 0.3) is 11.6 Å². The van der Waals surface area contributed by atoms with Gasteiger partial charge in [-0.25, -0.2) is 0 Å². The van der Waals surface area contributed by atoms with Crippen molar-refractivity contribution in [1.82, 2.24) is 5.32 Å². The van der Waals surface area contributed by atoms with E-state index in [1.54, 1.807) is 13.0 Å². The third-order valence-electron chi connectivity index (χ3n) is 4.63. The van der Waals surface area contributed by atoms with Crippen molar-refractivity contribution in [2.24, 2.45) is 0 Å². The minimum Gasteiger partial charge on any atom is -0.346 e. The molecule has 0 aliphatic heterocycles. The summed E-state index contributed by atoms with van der Waals surface area (Å²) >= 11 is 0. The fraction of sp³-hybridized carbons (Fsp3) is 0.316. The van der Waals surface area contributed by atoms with Crippen LogP contribution in [0.4, 0.5) is 5.69 Å². The zero-order valence-corrected chi connectivity index (χ0v) is 13.8. The maximum atomic E-state index is 12.4. The summed E-state index contributed by atoms with van der Waals surface area (Å²) in [7, 11) is 0. The van der Waals surface area contributed by atoms with Gasteiger partial charge in [-0.1, -0.05) is 18.2 Å². The lowest BCUT2D eigenvalue weighted by Crippen LogP contribution is -2.26. The van der Waals surface area contributed by atoms with Gasteiger partial charge >= 0.3 is 0 Å². The number of hydrogen-bond acceptors (Lipinski definition) is 3. The Morgan fingerprint density at radius 1 is 1.17 bits per heavy atom. The normalized spacial score (nSPS) is 14.1. The molecule has 0 aromatic heterocycles. The van der Waals surface area contributed by atoms with Crippen molar-refractivity contribution in [3.63, 3.8) is 0 Å². The molecule has 2 aromatic rings. The van der Waals surface area contributed by atoms with Crippen LogP contribution in [-0.2, 0) is 12.8 Å². The number of aryl methyl sites for hydroxylation is 3. The second-order valence-corrected chi connectivity index (χ2v) is 6.34. The summed E-state index contributed by atoms with van der Waals surface area (Å²) < 4.78 is 0. The number of nitro groups is 1. The monoisotopic (exact) mass is 324 g/mol.